The lowest BCUT2D eigenvalue weighted by Gasteiger charge is -2.41. The molecular weight excluding hydrogens is 610 g/mol. The number of hydrogen-bond donors (Lipinski definition) is 3. The minimum absolute atomic E-state index is 0.00391. The van der Waals surface area contributed by atoms with Gasteiger partial charge in [-0.2, -0.15) is 26.3 Å². The van der Waals surface area contributed by atoms with Gasteiger partial charge in [-0.1, -0.05) is 29.8 Å². The number of rotatable bonds is 4. The molecular formula is C27H27ClF6N4O5. The summed E-state index contributed by atoms with van der Waals surface area (Å²) < 4.78 is 76.4. The van der Waals surface area contributed by atoms with Crippen molar-refractivity contribution in [3.8, 4) is 0 Å². The Balaban J connectivity index is 0.000000646. The Bertz CT molecular complexity index is 1420. The third-order valence-corrected chi connectivity index (χ3v) is 7.12. The number of carbonyl (C=O) groups is 3. The highest BCUT2D eigenvalue weighted by atomic mass is 35.5. The van der Waals surface area contributed by atoms with Crippen molar-refractivity contribution in [1.82, 2.24) is 4.90 Å². The van der Waals surface area contributed by atoms with Gasteiger partial charge in [0.1, 0.15) is 0 Å². The van der Waals surface area contributed by atoms with Crippen LogP contribution in [-0.2, 0) is 26.0 Å². The molecule has 16 heteroatoms. The first-order valence-electron chi connectivity index (χ1n) is 12.7. The number of carboxylic acid groups (broad SMARTS) is 1. The van der Waals surface area contributed by atoms with Gasteiger partial charge in [0.2, 0.25) is 5.91 Å². The van der Waals surface area contributed by atoms with E-state index in [1.54, 1.807) is 19.1 Å². The fourth-order valence-electron chi connectivity index (χ4n) is 4.68. The van der Waals surface area contributed by atoms with E-state index in [1.807, 2.05) is 6.92 Å². The molecule has 0 radical (unpaired) electrons. The van der Waals surface area contributed by atoms with Gasteiger partial charge in [-0.3, -0.25) is 14.5 Å². The van der Waals surface area contributed by atoms with Gasteiger partial charge >= 0.3 is 18.3 Å². The van der Waals surface area contributed by atoms with Gasteiger partial charge in [0.05, 0.1) is 34.3 Å². The van der Waals surface area contributed by atoms with Crippen molar-refractivity contribution in [3.05, 3.63) is 64.2 Å². The average molecular weight is 637 g/mol. The molecule has 0 aliphatic carbocycles. The van der Waals surface area contributed by atoms with Crippen molar-refractivity contribution in [3.63, 3.8) is 0 Å². The number of nitrogens with one attached hydrogen (secondary N) is 1. The normalized spacial score (nSPS) is 22.7. The van der Waals surface area contributed by atoms with Crippen LogP contribution in [0, 0.1) is 0 Å². The first-order chi connectivity index (χ1) is 19.8. The highest BCUT2D eigenvalue weighted by Gasteiger charge is 2.42. The Hall–Kier alpha value is -3.85. The first-order valence-corrected chi connectivity index (χ1v) is 13.1. The van der Waals surface area contributed by atoms with Crippen LogP contribution in [0.25, 0.3) is 0 Å². The Morgan fingerprint density at radius 2 is 1.79 bits per heavy atom. The number of alkyl halides is 6. The molecule has 0 saturated carbocycles. The number of halogens is 7. The topological polar surface area (TPSA) is 134 Å². The van der Waals surface area contributed by atoms with Crippen LogP contribution in [0.2, 0.25) is 5.02 Å². The highest BCUT2D eigenvalue weighted by Crippen LogP contribution is 2.41. The number of guanidine groups is 1. The largest absolute Gasteiger partial charge is 0.490 e. The zero-order valence-corrected chi connectivity index (χ0v) is 23.5. The van der Waals surface area contributed by atoms with E-state index >= 15 is 0 Å². The highest BCUT2D eigenvalue weighted by molar-refractivity contribution is 6.35. The summed E-state index contributed by atoms with van der Waals surface area (Å²) in [6.45, 7) is 4.19. The van der Waals surface area contributed by atoms with Crippen LogP contribution in [0.5, 0.6) is 0 Å². The number of benzene rings is 2. The predicted molar refractivity (Wildman–Crippen MR) is 143 cm³/mol. The number of carboxylic acids is 1. The number of aliphatic imine (C=N–C) groups is 1. The number of ether oxygens (including phenoxy) is 1. The summed E-state index contributed by atoms with van der Waals surface area (Å²) in [7, 11) is 0. The quantitative estimate of drug-likeness (QED) is 0.376. The summed E-state index contributed by atoms with van der Waals surface area (Å²) in [4.78, 5) is 40.9. The SMILES string of the molecule is C[C@@H]1C[C@H](N2C(=O)C[C@@](C)(c3cccc(NC(=O)c4cccc(C(F)(F)F)c4)c3Cl)N=C2N)CCO1.O=C(O)C(F)(F)F. The number of hydrogen-bond acceptors (Lipinski definition) is 6. The minimum atomic E-state index is -5.08. The zero-order chi connectivity index (χ0) is 32.3. The van der Waals surface area contributed by atoms with E-state index in [2.05, 4.69) is 10.3 Å². The van der Waals surface area contributed by atoms with Gasteiger partial charge in [-0.25, -0.2) is 9.79 Å². The number of carbonyl (C=O) groups excluding carboxylic acids is 2. The maximum absolute atomic E-state index is 13.2. The van der Waals surface area contributed by atoms with Crippen molar-refractivity contribution in [2.24, 2.45) is 10.7 Å². The molecule has 4 rings (SSSR count). The third kappa shape index (κ3) is 8.16. The van der Waals surface area contributed by atoms with Crippen molar-refractivity contribution < 1.29 is 50.6 Å². The van der Waals surface area contributed by atoms with Crippen LogP contribution in [0.3, 0.4) is 0 Å². The average Bonchev–Trinajstić information content (AvgIpc) is 2.88. The van der Waals surface area contributed by atoms with E-state index in [0.29, 0.717) is 25.0 Å². The second kappa shape index (κ2) is 12.8. The molecule has 0 aromatic heterocycles. The van der Waals surface area contributed by atoms with E-state index in [9.17, 15) is 35.9 Å². The monoisotopic (exact) mass is 636 g/mol. The van der Waals surface area contributed by atoms with Crippen LogP contribution in [0.1, 0.15) is 54.6 Å². The van der Waals surface area contributed by atoms with E-state index in [-0.39, 0.29) is 46.7 Å². The molecule has 0 bridgehead atoms. The number of aliphatic carboxylic acids is 1. The molecule has 2 amide bonds. The van der Waals surface area contributed by atoms with Crippen LogP contribution < -0.4 is 11.1 Å². The number of nitrogens with two attached hydrogens (primary N) is 1. The van der Waals surface area contributed by atoms with Crippen LogP contribution in [0.4, 0.5) is 32.0 Å². The van der Waals surface area contributed by atoms with E-state index in [1.165, 1.54) is 17.0 Å². The molecule has 9 nitrogen and oxygen atoms in total. The number of anilines is 1. The third-order valence-electron chi connectivity index (χ3n) is 6.72. The molecule has 1 fully saturated rings. The summed E-state index contributed by atoms with van der Waals surface area (Å²) >= 11 is 6.62. The smallest absolute Gasteiger partial charge is 0.475 e. The van der Waals surface area contributed by atoms with Gasteiger partial charge in [0.25, 0.3) is 5.91 Å². The Morgan fingerprint density at radius 3 is 2.35 bits per heavy atom. The first kappa shape index (κ1) is 33.6. The van der Waals surface area contributed by atoms with Gasteiger partial charge < -0.3 is 20.9 Å². The van der Waals surface area contributed by atoms with Crippen molar-refractivity contribution >= 4 is 41.0 Å². The van der Waals surface area contributed by atoms with E-state index in [4.69, 9.17) is 32.0 Å². The lowest BCUT2D eigenvalue weighted by atomic mass is 9.86. The van der Waals surface area contributed by atoms with Gasteiger partial charge in [-0.05, 0) is 51.0 Å². The van der Waals surface area contributed by atoms with Crippen molar-refractivity contribution in [2.45, 2.75) is 63.1 Å². The zero-order valence-electron chi connectivity index (χ0n) is 22.7. The Morgan fingerprint density at radius 1 is 1.16 bits per heavy atom. The molecule has 2 aromatic rings. The lowest BCUT2D eigenvalue weighted by molar-refractivity contribution is -0.192. The molecule has 1 saturated heterocycles. The van der Waals surface area contributed by atoms with Gasteiger partial charge in [0, 0.05) is 23.8 Å². The summed E-state index contributed by atoms with van der Waals surface area (Å²) in [6, 6.07) is 8.81. The van der Waals surface area contributed by atoms with Crippen LogP contribution in [-0.4, -0.2) is 58.7 Å². The molecule has 0 spiro atoms. The summed E-state index contributed by atoms with van der Waals surface area (Å²) in [5.41, 5.74) is 4.70. The second-order valence-corrected chi connectivity index (χ2v) is 10.4. The number of nitrogens with zero attached hydrogens (tertiary/aromatic N) is 2. The Kier molecular flexibility index (Phi) is 10.0. The molecule has 43 heavy (non-hydrogen) atoms. The maximum Gasteiger partial charge on any atom is 0.490 e. The fraction of sp³-hybridized carbons (Fsp3) is 0.407. The standard InChI is InChI=1S/C25H26ClF3N4O3.C2HF3O2/c1-14-11-17(9-10-36-14)33-20(34)13-24(2,32-23(33)30)18-7-4-8-19(21(18)26)31-22(35)15-5-3-6-16(12-15)25(27,28)29;3-2(4,5)1(6)7/h3-8,12,14,17H,9-11,13H2,1-2H3,(H2,30,32)(H,31,35);(H,6,7)/t14-,17-,24+;/m1./s1. The molecule has 234 valence electrons. The van der Waals surface area contributed by atoms with Gasteiger partial charge in [0.15, 0.2) is 5.96 Å². The molecule has 4 N–H and O–H groups in total. The Labute approximate surface area is 246 Å². The van der Waals surface area contributed by atoms with E-state index < -0.39 is 35.3 Å². The van der Waals surface area contributed by atoms with Crippen LogP contribution >= 0.6 is 11.6 Å². The maximum atomic E-state index is 13.2. The van der Waals surface area contributed by atoms with Crippen LogP contribution in [0.15, 0.2) is 47.5 Å². The second-order valence-electron chi connectivity index (χ2n) is 10.0. The van der Waals surface area contributed by atoms with Crippen molar-refractivity contribution in [1.29, 1.82) is 0 Å². The lowest BCUT2D eigenvalue weighted by Crippen LogP contribution is -2.56. The fourth-order valence-corrected chi connectivity index (χ4v) is 5.06. The molecule has 2 heterocycles. The summed E-state index contributed by atoms with van der Waals surface area (Å²) in [6.07, 6.45) is -8.35. The molecule has 2 aromatic carbocycles. The van der Waals surface area contributed by atoms with Crippen molar-refractivity contribution in [2.75, 3.05) is 11.9 Å². The molecule has 2 aliphatic heterocycles. The molecule has 0 unspecified atom stereocenters. The molecule has 3 atom stereocenters. The number of amides is 2. The predicted octanol–water partition coefficient (Wildman–Crippen LogP) is 5.57. The summed E-state index contributed by atoms with van der Waals surface area (Å²) in [5, 5.41) is 9.81. The summed E-state index contributed by atoms with van der Waals surface area (Å²) in [5.74, 6) is -3.62. The van der Waals surface area contributed by atoms with Gasteiger partial charge in [-0.15, -0.1) is 0 Å². The van der Waals surface area contributed by atoms with E-state index in [0.717, 1.165) is 18.2 Å². The minimum Gasteiger partial charge on any atom is -0.475 e. The molecule has 2 aliphatic rings.